The molecule has 1 aromatic heterocycles. The molecule has 1 aromatic carbocycles. The quantitative estimate of drug-likeness (QED) is 0.790. The van der Waals surface area contributed by atoms with Crippen molar-refractivity contribution in [3.63, 3.8) is 0 Å². The van der Waals surface area contributed by atoms with Crippen LogP contribution in [0.15, 0.2) is 35.1 Å². The number of hydrogen-bond donors (Lipinski definition) is 3. The Kier molecular flexibility index (Phi) is 3.88. The van der Waals surface area contributed by atoms with Crippen LogP contribution in [0.1, 0.15) is 42.6 Å². The van der Waals surface area contributed by atoms with Crippen LogP contribution in [-0.4, -0.2) is 23.0 Å². The lowest BCUT2D eigenvalue weighted by molar-refractivity contribution is 0.0751. The monoisotopic (exact) mass is 325 g/mol. The predicted molar refractivity (Wildman–Crippen MR) is 93.9 cm³/mol. The highest BCUT2D eigenvalue weighted by molar-refractivity contribution is 5.96. The number of pyridine rings is 1. The summed E-state index contributed by atoms with van der Waals surface area (Å²) in [4.78, 5) is 27.6. The van der Waals surface area contributed by atoms with Crippen LogP contribution in [0.4, 0.5) is 0 Å². The lowest BCUT2D eigenvalue weighted by Gasteiger charge is -2.45. The summed E-state index contributed by atoms with van der Waals surface area (Å²) in [6, 6.07) is 9.52. The molecular weight excluding hydrogens is 302 g/mol. The molecule has 0 aliphatic heterocycles. The fourth-order valence-electron chi connectivity index (χ4n) is 4.59. The summed E-state index contributed by atoms with van der Waals surface area (Å²) in [6.45, 7) is 0. The van der Waals surface area contributed by atoms with Crippen LogP contribution in [0, 0.1) is 11.8 Å². The maximum atomic E-state index is 12.7. The van der Waals surface area contributed by atoms with Crippen LogP contribution in [-0.2, 0) is 0 Å². The number of hydrogen-bond acceptors (Lipinski definition) is 3. The van der Waals surface area contributed by atoms with Crippen molar-refractivity contribution in [1.82, 2.24) is 10.3 Å². The van der Waals surface area contributed by atoms with Gasteiger partial charge in [0.15, 0.2) is 0 Å². The molecule has 126 valence electrons. The third kappa shape index (κ3) is 2.73. The zero-order chi connectivity index (χ0) is 16.7. The van der Waals surface area contributed by atoms with E-state index in [0.717, 1.165) is 31.1 Å². The molecule has 2 atom stereocenters. The second-order valence-corrected chi connectivity index (χ2v) is 7.28. The van der Waals surface area contributed by atoms with Gasteiger partial charge in [-0.1, -0.05) is 24.6 Å². The number of amides is 1. The van der Waals surface area contributed by atoms with Gasteiger partial charge in [0.05, 0.1) is 0 Å². The second-order valence-electron chi connectivity index (χ2n) is 7.28. The van der Waals surface area contributed by atoms with Crippen LogP contribution < -0.4 is 16.6 Å². The molecule has 2 bridgehead atoms. The number of carbonyl (C=O) groups is 1. The van der Waals surface area contributed by atoms with E-state index >= 15 is 0 Å². The van der Waals surface area contributed by atoms with Gasteiger partial charge in [-0.25, -0.2) is 0 Å². The van der Waals surface area contributed by atoms with Crippen LogP contribution in [0.3, 0.4) is 0 Å². The average molecular weight is 325 g/mol. The van der Waals surface area contributed by atoms with Crippen molar-refractivity contribution >= 4 is 16.7 Å². The smallest absolute Gasteiger partial charge is 0.268 e. The first kappa shape index (κ1) is 15.4. The zero-order valence-corrected chi connectivity index (χ0v) is 13.6. The van der Waals surface area contributed by atoms with Gasteiger partial charge < -0.3 is 16.0 Å². The van der Waals surface area contributed by atoms with Crippen molar-refractivity contribution in [3.05, 3.63) is 46.4 Å². The van der Waals surface area contributed by atoms with E-state index in [9.17, 15) is 9.59 Å². The van der Waals surface area contributed by atoms with E-state index in [1.807, 2.05) is 18.2 Å². The molecule has 5 heteroatoms. The first-order valence-electron chi connectivity index (χ1n) is 8.80. The molecule has 2 aromatic rings. The van der Waals surface area contributed by atoms with Crippen LogP contribution in [0.2, 0.25) is 0 Å². The zero-order valence-electron chi connectivity index (χ0n) is 13.6. The second kappa shape index (κ2) is 6.06. The minimum absolute atomic E-state index is 0.182. The standard InChI is InChI=1S/C19H23N3O2/c20-14-8-12-5-3-6-13(9-14)17(12)22-19(24)16-10-11-4-1-2-7-15(11)18(23)21-16/h1-2,4,7,10,12-14,17H,3,5-6,8-9,20H2,(H,21,23)(H,22,24). The van der Waals surface area contributed by atoms with E-state index in [1.165, 1.54) is 6.42 Å². The topological polar surface area (TPSA) is 88.0 Å². The number of nitrogens with two attached hydrogens (primary N) is 1. The van der Waals surface area contributed by atoms with Gasteiger partial charge in [-0.3, -0.25) is 9.59 Å². The van der Waals surface area contributed by atoms with E-state index in [0.29, 0.717) is 22.9 Å². The summed E-state index contributed by atoms with van der Waals surface area (Å²) >= 11 is 0. The van der Waals surface area contributed by atoms with Crippen molar-refractivity contribution in [3.8, 4) is 0 Å². The summed E-state index contributed by atoms with van der Waals surface area (Å²) < 4.78 is 0. The number of nitrogens with one attached hydrogen (secondary N) is 2. The van der Waals surface area contributed by atoms with Crippen molar-refractivity contribution in [2.45, 2.75) is 44.2 Å². The molecule has 1 heterocycles. The number of H-pyrrole nitrogens is 1. The lowest BCUT2D eigenvalue weighted by Crippen LogP contribution is -2.53. The Morgan fingerprint density at radius 2 is 1.88 bits per heavy atom. The summed E-state index contributed by atoms with van der Waals surface area (Å²) in [5.41, 5.74) is 6.27. The van der Waals surface area contributed by atoms with Crippen LogP contribution in [0.25, 0.3) is 10.8 Å². The van der Waals surface area contributed by atoms with E-state index < -0.39 is 0 Å². The molecule has 4 rings (SSSR count). The molecule has 0 saturated heterocycles. The number of benzene rings is 1. The Morgan fingerprint density at radius 3 is 2.62 bits per heavy atom. The molecule has 1 amide bonds. The van der Waals surface area contributed by atoms with Crippen molar-refractivity contribution in [2.24, 2.45) is 17.6 Å². The van der Waals surface area contributed by atoms with Crippen LogP contribution >= 0.6 is 0 Å². The van der Waals surface area contributed by atoms with E-state index in [2.05, 4.69) is 10.3 Å². The van der Waals surface area contributed by atoms with Gasteiger partial charge in [0.1, 0.15) is 5.69 Å². The number of aromatic nitrogens is 1. The fourth-order valence-corrected chi connectivity index (χ4v) is 4.59. The maximum absolute atomic E-state index is 12.7. The molecule has 2 saturated carbocycles. The maximum Gasteiger partial charge on any atom is 0.268 e. The molecule has 24 heavy (non-hydrogen) atoms. The highest BCUT2D eigenvalue weighted by atomic mass is 16.2. The third-order valence-corrected chi connectivity index (χ3v) is 5.67. The van der Waals surface area contributed by atoms with Gasteiger partial charge in [0.25, 0.3) is 11.5 Å². The van der Waals surface area contributed by atoms with Crippen molar-refractivity contribution in [2.75, 3.05) is 0 Å². The largest absolute Gasteiger partial charge is 0.347 e. The molecule has 0 spiro atoms. The Bertz CT molecular complexity index is 815. The lowest BCUT2D eigenvalue weighted by atomic mass is 9.67. The number of carbonyl (C=O) groups excluding carboxylic acids is 1. The highest BCUT2D eigenvalue weighted by Crippen LogP contribution is 2.39. The van der Waals surface area contributed by atoms with Gasteiger partial charge in [-0.2, -0.15) is 0 Å². The van der Waals surface area contributed by atoms with Crippen LogP contribution in [0.5, 0.6) is 0 Å². The third-order valence-electron chi connectivity index (χ3n) is 5.67. The molecule has 5 nitrogen and oxygen atoms in total. The molecular formula is C19H23N3O2. The number of aromatic amines is 1. The number of fused-ring (bicyclic) bond motifs is 3. The summed E-state index contributed by atoms with van der Waals surface area (Å²) in [5, 5.41) is 4.58. The van der Waals surface area contributed by atoms with Gasteiger partial charge in [0, 0.05) is 17.5 Å². The summed E-state index contributed by atoms with van der Waals surface area (Å²) in [5.74, 6) is 0.738. The molecule has 2 aliphatic carbocycles. The van der Waals surface area contributed by atoms with Gasteiger partial charge >= 0.3 is 0 Å². The minimum atomic E-state index is -0.218. The first-order chi connectivity index (χ1) is 11.6. The Balaban J connectivity index is 1.59. The summed E-state index contributed by atoms with van der Waals surface area (Å²) in [7, 11) is 0. The van der Waals surface area contributed by atoms with Crippen molar-refractivity contribution < 1.29 is 4.79 Å². The van der Waals surface area contributed by atoms with E-state index in [1.54, 1.807) is 12.1 Å². The van der Waals surface area contributed by atoms with Crippen molar-refractivity contribution in [1.29, 1.82) is 0 Å². The SMILES string of the molecule is NC1CC2CCCC(C1)C2NC(=O)c1cc2ccccc2c(=O)[nH]1. The van der Waals surface area contributed by atoms with E-state index in [4.69, 9.17) is 5.73 Å². The highest BCUT2D eigenvalue weighted by Gasteiger charge is 2.40. The van der Waals surface area contributed by atoms with Gasteiger partial charge in [-0.15, -0.1) is 0 Å². The predicted octanol–water partition coefficient (Wildman–Crippen LogP) is 2.16. The first-order valence-corrected chi connectivity index (χ1v) is 8.80. The van der Waals surface area contributed by atoms with E-state index in [-0.39, 0.29) is 23.6 Å². The molecule has 2 fully saturated rings. The Labute approximate surface area is 140 Å². The molecule has 2 aliphatic rings. The normalized spacial score (nSPS) is 29.4. The summed E-state index contributed by atoms with van der Waals surface area (Å²) in [6.07, 6.45) is 5.44. The molecule has 4 N–H and O–H groups in total. The average Bonchev–Trinajstić information content (AvgIpc) is 2.55. The minimum Gasteiger partial charge on any atom is -0.347 e. The Morgan fingerprint density at radius 1 is 1.17 bits per heavy atom. The molecule has 0 radical (unpaired) electrons. The van der Waals surface area contributed by atoms with Gasteiger partial charge in [0.2, 0.25) is 0 Å². The Hall–Kier alpha value is -2.14. The number of rotatable bonds is 2. The molecule has 2 unspecified atom stereocenters. The van der Waals surface area contributed by atoms with Gasteiger partial charge in [-0.05, 0) is 55.0 Å². The fraction of sp³-hybridized carbons (Fsp3) is 0.474.